The molecule has 0 aromatic carbocycles. The van der Waals surface area contributed by atoms with Gasteiger partial charge in [-0.3, -0.25) is 4.79 Å². The number of aryl methyl sites for hydroxylation is 1. The maximum Gasteiger partial charge on any atom is 0.220 e. The van der Waals surface area contributed by atoms with E-state index in [1.165, 1.54) is 0 Å². The second kappa shape index (κ2) is 5.86. The third-order valence-corrected chi connectivity index (χ3v) is 3.35. The molecule has 1 aliphatic rings. The number of nitrogens with one attached hydrogen (secondary N) is 3. The average Bonchev–Trinajstić information content (AvgIpc) is 2.43. The van der Waals surface area contributed by atoms with E-state index in [0.29, 0.717) is 13.0 Å². The number of carbonyl (C=O) groups is 1. The van der Waals surface area contributed by atoms with Gasteiger partial charge in [-0.15, -0.1) is 0 Å². The molecule has 1 atom stereocenters. The van der Waals surface area contributed by atoms with E-state index in [-0.39, 0.29) is 11.9 Å². The molecule has 1 fully saturated rings. The minimum Gasteiger partial charge on any atom is -0.373 e. The largest absolute Gasteiger partial charge is 0.373 e. The molecule has 6 nitrogen and oxygen atoms in total. The molecule has 104 valence electrons. The minimum atomic E-state index is 0.127. The van der Waals surface area contributed by atoms with Crippen LogP contribution < -0.4 is 16.0 Å². The molecule has 3 N–H and O–H groups in total. The SMILES string of the molecule is CCc1nc(NC)c(C)c(NC2CCC(=O)NC2)n1. The third-order valence-electron chi connectivity index (χ3n) is 3.35. The van der Waals surface area contributed by atoms with E-state index in [9.17, 15) is 4.79 Å². The second-order valence-electron chi connectivity index (χ2n) is 4.75. The molecule has 1 saturated heterocycles. The molecule has 2 rings (SSSR count). The lowest BCUT2D eigenvalue weighted by atomic mass is 10.1. The van der Waals surface area contributed by atoms with Gasteiger partial charge in [0.2, 0.25) is 5.91 Å². The average molecular weight is 263 g/mol. The molecule has 1 amide bonds. The summed E-state index contributed by atoms with van der Waals surface area (Å²) in [7, 11) is 1.86. The Kier molecular flexibility index (Phi) is 4.19. The standard InChI is InChI=1S/C13H21N5O/c1-4-10-17-12(14-3)8(2)13(18-10)16-9-5-6-11(19)15-7-9/h9H,4-7H2,1-3H3,(H,15,19)(H2,14,16,17,18). The van der Waals surface area contributed by atoms with Crippen molar-refractivity contribution >= 4 is 17.5 Å². The first kappa shape index (κ1) is 13.6. The molecule has 6 heteroatoms. The third kappa shape index (κ3) is 3.13. The van der Waals surface area contributed by atoms with Gasteiger partial charge in [0.15, 0.2) is 0 Å². The summed E-state index contributed by atoms with van der Waals surface area (Å²) in [5.41, 5.74) is 1.01. The molecule has 2 heterocycles. The zero-order valence-corrected chi connectivity index (χ0v) is 11.7. The lowest BCUT2D eigenvalue weighted by Gasteiger charge is -2.25. The van der Waals surface area contributed by atoms with Crippen LogP contribution in [0, 0.1) is 6.92 Å². The quantitative estimate of drug-likeness (QED) is 0.757. The van der Waals surface area contributed by atoms with Crippen molar-refractivity contribution < 1.29 is 4.79 Å². The van der Waals surface area contributed by atoms with Crippen molar-refractivity contribution in [2.45, 2.75) is 39.2 Å². The van der Waals surface area contributed by atoms with Crippen LogP contribution in [-0.4, -0.2) is 35.5 Å². The molecule has 0 bridgehead atoms. The molecule has 0 spiro atoms. The summed E-state index contributed by atoms with van der Waals surface area (Å²) in [6.45, 7) is 4.68. The summed E-state index contributed by atoms with van der Waals surface area (Å²) in [6, 6.07) is 0.237. The second-order valence-corrected chi connectivity index (χ2v) is 4.75. The molecule has 0 radical (unpaired) electrons. The summed E-state index contributed by atoms with van der Waals surface area (Å²) in [5, 5.41) is 9.38. The number of rotatable bonds is 4. The van der Waals surface area contributed by atoms with E-state index in [1.54, 1.807) is 0 Å². The van der Waals surface area contributed by atoms with Crippen molar-refractivity contribution in [3.63, 3.8) is 0 Å². The fourth-order valence-corrected chi connectivity index (χ4v) is 2.15. The lowest BCUT2D eigenvalue weighted by molar-refractivity contribution is -0.122. The maximum atomic E-state index is 11.2. The van der Waals surface area contributed by atoms with Gasteiger partial charge >= 0.3 is 0 Å². The molecule has 0 aliphatic carbocycles. The Morgan fingerprint density at radius 2 is 2.11 bits per heavy atom. The number of hydrogen-bond acceptors (Lipinski definition) is 5. The first-order chi connectivity index (χ1) is 9.13. The number of hydrogen-bond donors (Lipinski definition) is 3. The summed E-state index contributed by atoms with van der Waals surface area (Å²) in [4.78, 5) is 20.1. The monoisotopic (exact) mass is 263 g/mol. The van der Waals surface area contributed by atoms with Gasteiger partial charge in [0.05, 0.1) is 0 Å². The van der Waals surface area contributed by atoms with E-state index < -0.39 is 0 Å². The molecule has 1 unspecified atom stereocenters. The highest BCUT2D eigenvalue weighted by Gasteiger charge is 2.19. The first-order valence-corrected chi connectivity index (χ1v) is 6.72. The predicted molar refractivity (Wildman–Crippen MR) is 75.3 cm³/mol. The molecule has 1 aromatic heterocycles. The Morgan fingerprint density at radius 1 is 1.37 bits per heavy atom. The van der Waals surface area contributed by atoms with Crippen LogP contribution in [0.3, 0.4) is 0 Å². The number of nitrogens with zero attached hydrogens (tertiary/aromatic N) is 2. The fourth-order valence-electron chi connectivity index (χ4n) is 2.15. The molecular weight excluding hydrogens is 242 g/mol. The van der Waals surface area contributed by atoms with Crippen molar-refractivity contribution in [1.29, 1.82) is 0 Å². The molecule has 0 saturated carbocycles. The van der Waals surface area contributed by atoms with Crippen LogP contribution in [0.1, 0.15) is 31.2 Å². The van der Waals surface area contributed by atoms with Gasteiger partial charge in [-0.05, 0) is 13.3 Å². The Morgan fingerprint density at radius 3 is 2.68 bits per heavy atom. The Hall–Kier alpha value is -1.85. The summed E-state index contributed by atoms with van der Waals surface area (Å²) >= 11 is 0. The van der Waals surface area contributed by atoms with Crippen molar-refractivity contribution in [2.75, 3.05) is 24.2 Å². The van der Waals surface area contributed by atoms with Gasteiger partial charge in [0.25, 0.3) is 0 Å². The van der Waals surface area contributed by atoms with Crippen LogP contribution in [0.5, 0.6) is 0 Å². The van der Waals surface area contributed by atoms with Crippen LogP contribution in [0.4, 0.5) is 11.6 Å². The van der Waals surface area contributed by atoms with Crippen LogP contribution in [0.2, 0.25) is 0 Å². The zero-order chi connectivity index (χ0) is 13.8. The van der Waals surface area contributed by atoms with Crippen LogP contribution in [0.25, 0.3) is 0 Å². The van der Waals surface area contributed by atoms with E-state index in [0.717, 1.165) is 35.9 Å². The predicted octanol–water partition coefficient (Wildman–Crippen LogP) is 1.08. The van der Waals surface area contributed by atoms with Gasteiger partial charge in [-0.25, -0.2) is 9.97 Å². The lowest BCUT2D eigenvalue weighted by Crippen LogP contribution is -2.42. The van der Waals surface area contributed by atoms with E-state index in [2.05, 4.69) is 25.9 Å². The smallest absolute Gasteiger partial charge is 0.220 e. The number of aromatic nitrogens is 2. The Balaban J connectivity index is 2.16. The summed E-state index contributed by atoms with van der Waals surface area (Å²) in [5.74, 6) is 2.66. The van der Waals surface area contributed by atoms with Crippen molar-refractivity contribution in [3.05, 3.63) is 11.4 Å². The van der Waals surface area contributed by atoms with Crippen molar-refractivity contribution in [1.82, 2.24) is 15.3 Å². The highest BCUT2D eigenvalue weighted by molar-refractivity contribution is 5.77. The topological polar surface area (TPSA) is 78.9 Å². The highest BCUT2D eigenvalue weighted by atomic mass is 16.1. The number of anilines is 2. The maximum absolute atomic E-state index is 11.2. The van der Waals surface area contributed by atoms with E-state index >= 15 is 0 Å². The van der Waals surface area contributed by atoms with Gasteiger partial charge in [0.1, 0.15) is 17.5 Å². The summed E-state index contributed by atoms with van der Waals surface area (Å²) in [6.07, 6.45) is 2.21. The highest BCUT2D eigenvalue weighted by Crippen LogP contribution is 2.21. The van der Waals surface area contributed by atoms with Crippen LogP contribution in [-0.2, 0) is 11.2 Å². The zero-order valence-electron chi connectivity index (χ0n) is 11.7. The Labute approximate surface area is 113 Å². The van der Waals surface area contributed by atoms with Crippen molar-refractivity contribution in [3.8, 4) is 0 Å². The van der Waals surface area contributed by atoms with E-state index in [4.69, 9.17) is 0 Å². The molecular formula is C13H21N5O. The first-order valence-electron chi connectivity index (χ1n) is 6.72. The van der Waals surface area contributed by atoms with Gasteiger partial charge in [-0.1, -0.05) is 6.92 Å². The fraction of sp³-hybridized carbons (Fsp3) is 0.615. The molecule has 19 heavy (non-hydrogen) atoms. The number of carbonyl (C=O) groups excluding carboxylic acids is 1. The Bertz CT molecular complexity index is 464. The summed E-state index contributed by atoms with van der Waals surface area (Å²) < 4.78 is 0. The normalized spacial score (nSPS) is 18.9. The van der Waals surface area contributed by atoms with Crippen LogP contribution >= 0.6 is 0 Å². The van der Waals surface area contributed by atoms with E-state index in [1.807, 2.05) is 20.9 Å². The van der Waals surface area contributed by atoms with Gasteiger partial charge < -0.3 is 16.0 Å². The number of piperidine rings is 1. The number of amides is 1. The van der Waals surface area contributed by atoms with Crippen molar-refractivity contribution in [2.24, 2.45) is 0 Å². The minimum absolute atomic E-state index is 0.127. The van der Waals surface area contributed by atoms with Gasteiger partial charge in [0, 0.05) is 38.0 Å². The molecule has 1 aromatic rings. The molecule has 1 aliphatic heterocycles. The van der Waals surface area contributed by atoms with Crippen LogP contribution in [0.15, 0.2) is 0 Å². The van der Waals surface area contributed by atoms with Gasteiger partial charge in [-0.2, -0.15) is 0 Å².